The molecule has 0 saturated heterocycles. The molecular formula is C7H6Br2N2. The first-order valence-corrected chi connectivity index (χ1v) is 3.90. The monoisotopic (exact) mass is 276 g/mol. The molecule has 1 heterocycles. The van der Waals surface area contributed by atoms with E-state index in [1.165, 1.54) is 0 Å². The van der Waals surface area contributed by atoms with Crippen molar-refractivity contribution in [2.45, 2.75) is 5.33 Å². The first-order valence-electron chi connectivity index (χ1n) is 2.78. The van der Waals surface area contributed by atoms with Crippen LogP contribution >= 0.6 is 32.9 Å². The number of hydrogen-bond donors (Lipinski definition) is 0. The van der Waals surface area contributed by atoms with Gasteiger partial charge in [-0.1, -0.05) is 15.9 Å². The Morgan fingerprint density at radius 1 is 1.64 bits per heavy atom. The summed E-state index contributed by atoms with van der Waals surface area (Å²) >= 11 is 3.28. The van der Waals surface area contributed by atoms with Gasteiger partial charge in [0.1, 0.15) is 11.8 Å². The number of nitrogens with zero attached hydrogens (tertiary/aromatic N) is 2. The highest BCUT2D eigenvalue weighted by atomic mass is 79.9. The minimum Gasteiger partial charge on any atom is -0.246 e. The van der Waals surface area contributed by atoms with E-state index in [2.05, 4.69) is 20.9 Å². The fourth-order valence-electron chi connectivity index (χ4n) is 0.619. The number of pyridine rings is 1. The lowest BCUT2D eigenvalue weighted by atomic mass is 10.2. The van der Waals surface area contributed by atoms with Crippen molar-refractivity contribution in [1.82, 2.24) is 4.98 Å². The second kappa shape index (κ2) is 5.28. The van der Waals surface area contributed by atoms with E-state index in [1.54, 1.807) is 12.3 Å². The van der Waals surface area contributed by atoms with E-state index >= 15 is 0 Å². The summed E-state index contributed by atoms with van der Waals surface area (Å²) in [5, 5.41) is 9.20. The van der Waals surface area contributed by atoms with E-state index < -0.39 is 0 Å². The van der Waals surface area contributed by atoms with Crippen molar-refractivity contribution in [3.63, 3.8) is 0 Å². The SMILES string of the molecule is Br.N#Cc1cc(CBr)ccn1. The molecule has 0 spiro atoms. The average Bonchev–Trinajstić information content (AvgIpc) is 2.05. The first-order chi connectivity index (χ1) is 4.86. The molecule has 0 aliphatic carbocycles. The Kier molecular flexibility index (Phi) is 5.08. The van der Waals surface area contributed by atoms with Crippen LogP contribution in [0.3, 0.4) is 0 Å². The number of alkyl halides is 1. The fraction of sp³-hybridized carbons (Fsp3) is 0.143. The summed E-state index contributed by atoms with van der Waals surface area (Å²) in [6.45, 7) is 0. The van der Waals surface area contributed by atoms with Crippen LogP contribution in [0.4, 0.5) is 0 Å². The van der Waals surface area contributed by atoms with Crippen LogP contribution in [0.15, 0.2) is 18.3 Å². The smallest absolute Gasteiger partial charge is 0.140 e. The van der Waals surface area contributed by atoms with Gasteiger partial charge in [-0.3, -0.25) is 0 Å². The lowest BCUT2D eigenvalue weighted by molar-refractivity contribution is 1.23. The van der Waals surface area contributed by atoms with Crippen LogP contribution in [-0.2, 0) is 5.33 Å². The molecule has 0 amide bonds. The second-order valence-electron chi connectivity index (χ2n) is 1.79. The van der Waals surface area contributed by atoms with Gasteiger partial charge in [0.25, 0.3) is 0 Å². The molecule has 11 heavy (non-hydrogen) atoms. The molecule has 0 aromatic carbocycles. The third kappa shape index (κ3) is 3.00. The molecule has 58 valence electrons. The Balaban J connectivity index is 0.000001000. The summed E-state index contributed by atoms with van der Waals surface area (Å²) < 4.78 is 0. The zero-order valence-corrected chi connectivity index (χ0v) is 8.92. The zero-order chi connectivity index (χ0) is 7.40. The Morgan fingerprint density at radius 3 is 2.91 bits per heavy atom. The van der Waals surface area contributed by atoms with Crippen molar-refractivity contribution in [2.24, 2.45) is 0 Å². The second-order valence-corrected chi connectivity index (χ2v) is 2.36. The van der Waals surface area contributed by atoms with Gasteiger partial charge in [0.2, 0.25) is 0 Å². The highest BCUT2D eigenvalue weighted by Gasteiger charge is 1.92. The number of nitriles is 1. The van der Waals surface area contributed by atoms with Gasteiger partial charge in [0.15, 0.2) is 0 Å². The Hall–Kier alpha value is -0.400. The molecule has 0 unspecified atom stereocenters. The van der Waals surface area contributed by atoms with Gasteiger partial charge >= 0.3 is 0 Å². The number of rotatable bonds is 1. The summed E-state index contributed by atoms with van der Waals surface area (Å²) in [6, 6.07) is 5.60. The molecule has 0 bridgehead atoms. The molecule has 1 aromatic heterocycles. The van der Waals surface area contributed by atoms with Crippen molar-refractivity contribution in [2.75, 3.05) is 0 Å². The van der Waals surface area contributed by atoms with Gasteiger partial charge < -0.3 is 0 Å². The summed E-state index contributed by atoms with van der Waals surface area (Å²) in [5.74, 6) is 0. The third-order valence-electron chi connectivity index (χ3n) is 1.09. The Labute approximate surface area is 84.2 Å². The summed E-state index contributed by atoms with van der Waals surface area (Å²) in [6.07, 6.45) is 1.63. The molecule has 0 aliphatic heterocycles. The molecule has 0 fully saturated rings. The summed E-state index contributed by atoms with van der Waals surface area (Å²) in [4.78, 5) is 3.82. The van der Waals surface area contributed by atoms with Crippen molar-refractivity contribution >= 4 is 32.9 Å². The maximum Gasteiger partial charge on any atom is 0.140 e. The van der Waals surface area contributed by atoms with E-state index in [-0.39, 0.29) is 17.0 Å². The molecule has 4 heteroatoms. The van der Waals surface area contributed by atoms with E-state index in [9.17, 15) is 0 Å². The first kappa shape index (κ1) is 10.6. The van der Waals surface area contributed by atoms with Gasteiger partial charge in [0.05, 0.1) is 0 Å². The third-order valence-corrected chi connectivity index (χ3v) is 1.74. The van der Waals surface area contributed by atoms with Crippen LogP contribution in [0.5, 0.6) is 0 Å². The highest BCUT2D eigenvalue weighted by molar-refractivity contribution is 9.08. The minimum absolute atomic E-state index is 0. The van der Waals surface area contributed by atoms with Gasteiger partial charge in [-0.2, -0.15) is 5.26 Å². The lowest BCUT2D eigenvalue weighted by Crippen LogP contribution is -1.83. The number of aromatic nitrogens is 1. The summed E-state index contributed by atoms with van der Waals surface area (Å²) in [7, 11) is 0. The predicted octanol–water partition coefficient (Wildman–Crippen LogP) is 2.43. The summed E-state index contributed by atoms with van der Waals surface area (Å²) in [5.41, 5.74) is 1.54. The van der Waals surface area contributed by atoms with Crippen molar-refractivity contribution in [3.05, 3.63) is 29.6 Å². The van der Waals surface area contributed by atoms with Gasteiger partial charge in [-0.05, 0) is 17.7 Å². The molecule has 0 aliphatic rings. The Morgan fingerprint density at radius 2 is 2.36 bits per heavy atom. The quantitative estimate of drug-likeness (QED) is 0.740. The molecule has 0 atom stereocenters. The van der Waals surface area contributed by atoms with Crippen molar-refractivity contribution in [1.29, 1.82) is 5.26 Å². The maximum atomic E-state index is 8.43. The van der Waals surface area contributed by atoms with E-state index in [1.807, 2.05) is 12.1 Å². The van der Waals surface area contributed by atoms with Gasteiger partial charge in [0, 0.05) is 11.5 Å². The molecule has 1 rings (SSSR count). The molecule has 0 saturated carbocycles. The fourth-order valence-corrected chi connectivity index (χ4v) is 0.967. The molecular weight excluding hydrogens is 272 g/mol. The standard InChI is InChI=1S/C7H5BrN2.BrH/c8-4-6-1-2-10-7(3-6)5-9;/h1-3H,4H2;1H. The van der Waals surface area contributed by atoms with Crippen LogP contribution in [0.1, 0.15) is 11.3 Å². The zero-order valence-electron chi connectivity index (χ0n) is 5.62. The lowest BCUT2D eigenvalue weighted by Gasteiger charge is -1.91. The van der Waals surface area contributed by atoms with Crippen LogP contribution in [0.25, 0.3) is 0 Å². The molecule has 1 aromatic rings. The van der Waals surface area contributed by atoms with Crippen LogP contribution < -0.4 is 0 Å². The number of halogens is 2. The number of hydrogen-bond acceptors (Lipinski definition) is 2. The van der Waals surface area contributed by atoms with E-state index in [4.69, 9.17) is 5.26 Å². The van der Waals surface area contributed by atoms with E-state index in [0.29, 0.717) is 5.69 Å². The average molecular weight is 278 g/mol. The van der Waals surface area contributed by atoms with Gasteiger partial charge in [-0.15, -0.1) is 17.0 Å². The minimum atomic E-state index is 0. The van der Waals surface area contributed by atoms with Crippen molar-refractivity contribution < 1.29 is 0 Å². The maximum absolute atomic E-state index is 8.43. The topological polar surface area (TPSA) is 36.7 Å². The van der Waals surface area contributed by atoms with E-state index in [0.717, 1.165) is 10.9 Å². The largest absolute Gasteiger partial charge is 0.246 e. The normalized spacial score (nSPS) is 8.00. The molecule has 2 nitrogen and oxygen atoms in total. The highest BCUT2D eigenvalue weighted by Crippen LogP contribution is 2.04. The van der Waals surface area contributed by atoms with Crippen LogP contribution in [0, 0.1) is 11.3 Å². The predicted molar refractivity (Wildman–Crippen MR) is 51.9 cm³/mol. The van der Waals surface area contributed by atoms with Crippen molar-refractivity contribution in [3.8, 4) is 6.07 Å². The molecule has 0 N–H and O–H groups in total. The van der Waals surface area contributed by atoms with Crippen LogP contribution in [0.2, 0.25) is 0 Å². The Bertz CT molecular complexity index is 267. The van der Waals surface area contributed by atoms with Crippen LogP contribution in [-0.4, -0.2) is 4.98 Å². The van der Waals surface area contributed by atoms with Gasteiger partial charge in [-0.25, -0.2) is 4.98 Å². The molecule has 0 radical (unpaired) electrons.